The van der Waals surface area contributed by atoms with Gasteiger partial charge in [0.15, 0.2) is 0 Å². The zero-order valence-electron chi connectivity index (χ0n) is 22.0. The lowest BCUT2D eigenvalue weighted by atomic mass is 10.1. The van der Waals surface area contributed by atoms with Crippen molar-refractivity contribution >= 4 is 38.9 Å². The Kier molecular flexibility index (Phi) is 10.3. The molecule has 14 heteroatoms. The molecule has 1 aliphatic heterocycles. The lowest BCUT2D eigenvalue weighted by Gasteiger charge is -2.25. The summed E-state index contributed by atoms with van der Waals surface area (Å²) in [6, 6.07) is 17.2. The number of carbonyl (C=O) groups is 2. The number of nitrogens with zero attached hydrogens (tertiary/aromatic N) is 2. The number of amides is 1. The smallest absolute Gasteiger partial charge is 0.490 e. The molecule has 0 aliphatic carbocycles. The number of nitrogens with two attached hydrogens (primary N) is 1. The Balaban J connectivity index is 0.000000587. The van der Waals surface area contributed by atoms with Crippen LogP contribution in [0.4, 0.5) is 13.2 Å². The van der Waals surface area contributed by atoms with Crippen molar-refractivity contribution < 1.29 is 41.0 Å². The summed E-state index contributed by atoms with van der Waals surface area (Å²) in [4.78, 5) is 24.0. The fourth-order valence-corrected chi connectivity index (χ4v) is 5.46. The average Bonchev–Trinajstić information content (AvgIpc) is 3.09. The highest BCUT2D eigenvalue weighted by molar-refractivity contribution is 7.89. The first kappa shape index (κ1) is 31.4. The second kappa shape index (κ2) is 13.5. The number of hydrogen-bond acceptors (Lipinski definition) is 7. The number of aliphatic carboxylic acids is 1. The van der Waals surface area contributed by atoms with Crippen LogP contribution in [-0.2, 0) is 26.2 Å². The van der Waals surface area contributed by atoms with E-state index in [0.29, 0.717) is 25.3 Å². The van der Waals surface area contributed by atoms with Crippen molar-refractivity contribution in [3.8, 4) is 5.75 Å². The van der Waals surface area contributed by atoms with Crippen LogP contribution in [0.25, 0.3) is 10.8 Å². The Bertz CT molecular complexity index is 1530. The summed E-state index contributed by atoms with van der Waals surface area (Å²) in [6.07, 6.45) is -1.52. The van der Waals surface area contributed by atoms with E-state index in [-0.39, 0.29) is 10.8 Å². The number of nitrogens with one attached hydrogen (secondary N) is 1. The van der Waals surface area contributed by atoms with Gasteiger partial charge in [0, 0.05) is 13.1 Å². The Morgan fingerprint density at radius 2 is 1.85 bits per heavy atom. The molecule has 0 unspecified atom stereocenters. The zero-order valence-corrected chi connectivity index (χ0v) is 22.8. The quantitative estimate of drug-likeness (QED) is 0.215. The predicted octanol–water partition coefficient (Wildman–Crippen LogP) is 3.63. The van der Waals surface area contributed by atoms with Crippen LogP contribution in [0.2, 0.25) is 0 Å². The second-order valence-electron chi connectivity index (χ2n) is 9.13. The van der Waals surface area contributed by atoms with Crippen LogP contribution >= 0.6 is 0 Å². The fourth-order valence-electron chi connectivity index (χ4n) is 4.20. The molecular formula is C27H29F3N4O6S. The molecule has 41 heavy (non-hydrogen) atoms. The van der Waals surface area contributed by atoms with Gasteiger partial charge in [-0.1, -0.05) is 30.3 Å². The Labute approximate surface area is 234 Å². The minimum Gasteiger partial charge on any atom is -0.497 e. The van der Waals surface area contributed by atoms with Crippen molar-refractivity contribution in [2.45, 2.75) is 42.9 Å². The number of carboxylic acids is 1. The standard InChI is InChI=1S/C25H28N4O4S.C2HF3O2/c1-33-22-10-8-20-9-11-23(15-21(20)14-22)34(31,32)28-24-7-2-3-12-29(25(24)30)17-19-6-4-5-18(13-19)16-27-26;3-2(4,5)1(6)7/h4-6,8-11,13-16,24,28H,2-3,7,12,17,26H2,1H3;(H,6,7)/t24-;/m0./s1. The SMILES string of the molecule is COc1ccc2ccc(S(=O)(=O)N[C@H]3CCCCN(Cc4cccc(C=NN)c4)C3=O)cc2c1.O=C(O)C(F)(F)F. The maximum absolute atomic E-state index is 13.3. The highest BCUT2D eigenvalue weighted by Gasteiger charge is 2.38. The molecule has 1 heterocycles. The molecule has 4 N–H and O–H groups in total. The van der Waals surface area contributed by atoms with E-state index in [2.05, 4.69) is 9.82 Å². The number of hydrazone groups is 1. The number of halogens is 3. The number of hydrogen-bond donors (Lipinski definition) is 3. The van der Waals surface area contributed by atoms with Crippen LogP contribution in [0.3, 0.4) is 0 Å². The summed E-state index contributed by atoms with van der Waals surface area (Å²) in [5.74, 6) is 2.91. The minimum absolute atomic E-state index is 0.116. The Hall–Kier alpha value is -4.17. The molecule has 4 rings (SSSR count). The summed E-state index contributed by atoms with van der Waals surface area (Å²) in [5.41, 5.74) is 1.77. The molecular weight excluding hydrogens is 565 g/mol. The number of rotatable bonds is 7. The van der Waals surface area contributed by atoms with E-state index in [9.17, 15) is 26.4 Å². The van der Waals surface area contributed by atoms with Crippen LogP contribution in [-0.4, -0.2) is 62.4 Å². The molecule has 1 atom stereocenters. The maximum Gasteiger partial charge on any atom is 0.490 e. The van der Waals surface area contributed by atoms with E-state index in [1.807, 2.05) is 36.4 Å². The first-order valence-electron chi connectivity index (χ1n) is 12.4. The number of fused-ring (bicyclic) bond motifs is 1. The van der Waals surface area contributed by atoms with Crippen LogP contribution < -0.4 is 15.3 Å². The molecule has 0 spiro atoms. The Morgan fingerprint density at radius 1 is 1.15 bits per heavy atom. The molecule has 1 aliphatic rings. The molecule has 0 aromatic heterocycles. The van der Waals surface area contributed by atoms with Crippen molar-refractivity contribution in [2.75, 3.05) is 13.7 Å². The number of carbonyl (C=O) groups excluding carboxylic acids is 1. The lowest BCUT2D eigenvalue weighted by Crippen LogP contribution is -2.47. The molecule has 0 radical (unpaired) electrons. The topological polar surface area (TPSA) is 151 Å². The number of likely N-dealkylation sites (tertiary alicyclic amines) is 1. The van der Waals surface area contributed by atoms with E-state index >= 15 is 0 Å². The van der Waals surface area contributed by atoms with Crippen LogP contribution in [0.1, 0.15) is 30.4 Å². The van der Waals surface area contributed by atoms with Crippen molar-refractivity contribution in [3.63, 3.8) is 0 Å². The highest BCUT2D eigenvalue weighted by atomic mass is 32.2. The van der Waals surface area contributed by atoms with Gasteiger partial charge in [0.25, 0.3) is 0 Å². The number of alkyl halides is 3. The van der Waals surface area contributed by atoms with Crippen molar-refractivity contribution in [3.05, 3.63) is 71.8 Å². The number of sulfonamides is 1. The normalized spacial score (nSPS) is 16.2. The van der Waals surface area contributed by atoms with Gasteiger partial charge in [-0.15, -0.1) is 0 Å². The molecule has 1 amide bonds. The summed E-state index contributed by atoms with van der Waals surface area (Å²) in [6.45, 7) is 0.959. The second-order valence-corrected chi connectivity index (χ2v) is 10.8. The van der Waals surface area contributed by atoms with Gasteiger partial charge < -0.3 is 20.6 Å². The molecule has 3 aromatic rings. The van der Waals surface area contributed by atoms with Crippen molar-refractivity contribution in [2.24, 2.45) is 10.9 Å². The minimum atomic E-state index is -5.08. The van der Waals surface area contributed by atoms with E-state index in [1.54, 1.807) is 42.5 Å². The van der Waals surface area contributed by atoms with Gasteiger partial charge in [0.2, 0.25) is 15.9 Å². The molecule has 1 saturated heterocycles. The van der Waals surface area contributed by atoms with Crippen molar-refractivity contribution in [1.29, 1.82) is 0 Å². The maximum atomic E-state index is 13.3. The van der Waals surface area contributed by atoms with Crippen LogP contribution in [0, 0.1) is 0 Å². The molecule has 3 aromatic carbocycles. The monoisotopic (exact) mass is 594 g/mol. The zero-order chi connectivity index (χ0) is 30.2. The third-order valence-corrected chi connectivity index (χ3v) is 7.67. The Morgan fingerprint density at radius 3 is 2.51 bits per heavy atom. The summed E-state index contributed by atoms with van der Waals surface area (Å²) >= 11 is 0. The van der Waals surface area contributed by atoms with E-state index in [0.717, 1.165) is 34.7 Å². The van der Waals surface area contributed by atoms with Gasteiger partial charge in [-0.05, 0) is 71.5 Å². The van der Waals surface area contributed by atoms with E-state index in [4.69, 9.17) is 20.5 Å². The van der Waals surface area contributed by atoms with Gasteiger partial charge in [-0.3, -0.25) is 4.79 Å². The van der Waals surface area contributed by atoms with Gasteiger partial charge >= 0.3 is 12.1 Å². The van der Waals surface area contributed by atoms with Crippen LogP contribution in [0.15, 0.2) is 70.7 Å². The third-order valence-electron chi connectivity index (χ3n) is 6.20. The van der Waals surface area contributed by atoms with Gasteiger partial charge in [-0.2, -0.15) is 23.0 Å². The van der Waals surface area contributed by atoms with E-state index in [1.165, 1.54) is 0 Å². The van der Waals surface area contributed by atoms with Gasteiger partial charge in [-0.25, -0.2) is 13.2 Å². The molecule has 1 fully saturated rings. The number of benzene rings is 3. The fraction of sp³-hybridized carbons (Fsp3) is 0.296. The number of ether oxygens (including phenoxy) is 1. The van der Waals surface area contributed by atoms with E-state index < -0.39 is 28.2 Å². The molecule has 10 nitrogen and oxygen atoms in total. The first-order valence-corrected chi connectivity index (χ1v) is 13.8. The number of carboxylic acid groups (broad SMARTS) is 1. The summed E-state index contributed by atoms with van der Waals surface area (Å²) in [7, 11) is -2.34. The first-order chi connectivity index (χ1) is 19.3. The van der Waals surface area contributed by atoms with Gasteiger partial charge in [0.1, 0.15) is 11.8 Å². The molecule has 0 saturated carbocycles. The highest BCUT2D eigenvalue weighted by Crippen LogP contribution is 2.25. The molecule has 0 bridgehead atoms. The third kappa shape index (κ3) is 8.66. The lowest BCUT2D eigenvalue weighted by molar-refractivity contribution is -0.192. The summed E-state index contributed by atoms with van der Waals surface area (Å²) in [5, 5.41) is 12.3. The van der Waals surface area contributed by atoms with Gasteiger partial charge in [0.05, 0.1) is 18.2 Å². The van der Waals surface area contributed by atoms with Crippen molar-refractivity contribution in [1.82, 2.24) is 9.62 Å². The molecule has 220 valence electrons. The average molecular weight is 595 g/mol. The van der Waals surface area contributed by atoms with Crippen LogP contribution in [0.5, 0.6) is 5.75 Å². The summed E-state index contributed by atoms with van der Waals surface area (Å²) < 4.78 is 66.0. The largest absolute Gasteiger partial charge is 0.497 e. The number of methoxy groups -OCH3 is 1. The predicted molar refractivity (Wildman–Crippen MR) is 146 cm³/mol.